The zero-order valence-electron chi connectivity index (χ0n) is 20.8. The van der Waals surface area contributed by atoms with Gasteiger partial charge < -0.3 is 24.2 Å². The van der Waals surface area contributed by atoms with Crippen LogP contribution in [0.4, 0.5) is 0 Å². The van der Waals surface area contributed by atoms with Gasteiger partial charge in [0.2, 0.25) is 12.7 Å². The molecular weight excluding hydrogens is 452 g/mol. The molecule has 3 atom stereocenters. The molecule has 9 nitrogen and oxygen atoms in total. The van der Waals surface area contributed by atoms with Crippen LogP contribution in [0.25, 0.3) is 5.57 Å². The van der Waals surface area contributed by atoms with Crippen molar-refractivity contribution in [3.8, 4) is 0 Å². The van der Waals surface area contributed by atoms with Crippen molar-refractivity contribution >= 4 is 23.4 Å². The normalized spacial score (nSPS) is 23.6. The second-order valence-corrected chi connectivity index (χ2v) is 10.4. The van der Waals surface area contributed by atoms with Crippen LogP contribution in [-0.2, 0) is 35.1 Å². The van der Waals surface area contributed by atoms with Crippen molar-refractivity contribution < 1.29 is 33.7 Å². The van der Waals surface area contributed by atoms with Crippen molar-refractivity contribution in [3.63, 3.8) is 0 Å². The van der Waals surface area contributed by atoms with Crippen molar-refractivity contribution in [2.75, 3.05) is 33.1 Å². The molecule has 3 aliphatic heterocycles. The van der Waals surface area contributed by atoms with Gasteiger partial charge in [-0.05, 0) is 50.8 Å². The van der Waals surface area contributed by atoms with E-state index in [0.29, 0.717) is 12.0 Å². The maximum Gasteiger partial charge on any atom is 0.358 e. The molecule has 2 saturated heterocycles. The second kappa shape index (κ2) is 10.1. The number of esters is 2. The van der Waals surface area contributed by atoms with Crippen LogP contribution in [0.2, 0.25) is 0 Å². The van der Waals surface area contributed by atoms with Crippen molar-refractivity contribution in [2.45, 2.75) is 52.8 Å². The summed E-state index contributed by atoms with van der Waals surface area (Å²) in [6.07, 6.45) is -0.375. The van der Waals surface area contributed by atoms with Gasteiger partial charge in [-0.1, -0.05) is 24.3 Å². The van der Waals surface area contributed by atoms with E-state index >= 15 is 0 Å². The van der Waals surface area contributed by atoms with Crippen LogP contribution >= 0.6 is 0 Å². The summed E-state index contributed by atoms with van der Waals surface area (Å²) in [5.41, 5.74) is 2.09. The number of hydrogen-bond donors (Lipinski definition) is 1. The van der Waals surface area contributed by atoms with Gasteiger partial charge in [0.15, 0.2) is 0 Å². The molecule has 4 rings (SSSR count). The first kappa shape index (κ1) is 25.3. The van der Waals surface area contributed by atoms with Gasteiger partial charge in [-0.2, -0.15) is 0 Å². The molecule has 1 amide bonds. The van der Waals surface area contributed by atoms with Crippen LogP contribution in [0.15, 0.2) is 30.0 Å². The smallest absolute Gasteiger partial charge is 0.358 e. The summed E-state index contributed by atoms with van der Waals surface area (Å²) in [4.78, 5) is 41.6. The van der Waals surface area contributed by atoms with E-state index in [4.69, 9.17) is 14.2 Å². The van der Waals surface area contributed by atoms with Gasteiger partial charge in [-0.3, -0.25) is 14.5 Å². The molecule has 1 aromatic carbocycles. The topological polar surface area (TPSA) is 106 Å². The maximum absolute atomic E-state index is 13.1. The predicted molar refractivity (Wildman–Crippen MR) is 126 cm³/mol. The predicted octanol–water partition coefficient (Wildman–Crippen LogP) is 1.93. The number of rotatable bonds is 7. The van der Waals surface area contributed by atoms with Gasteiger partial charge >= 0.3 is 11.9 Å². The van der Waals surface area contributed by atoms with Crippen molar-refractivity contribution in [2.24, 2.45) is 11.3 Å². The number of carbonyl (C=O) groups excluding carboxylic acids is 3. The zero-order chi connectivity index (χ0) is 25.3. The minimum Gasteiger partial charge on any atom is -0.427 e. The number of aliphatic hydroxyl groups is 1. The van der Waals surface area contributed by atoms with Gasteiger partial charge in [0.1, 0.15) is 5.70 Å². The number of nitrogens with zero attached hydrogens (tertiary/aromatic N) is 2. The van der Waals surface area contributed by atoms with E-state index in [1.807, 2.05) is 24.3 Å². The molecule has 9 heteroatoms. The van der Waals surface area contributed by atoms with Crippen LogP contribution in [0.1, 0.15) is 45.2 Å². The molecule has 1 aromatic rings. The summed E-state index contributed by atoms with van der Waals surface area (Å²) in [7, 11) is 0. The van der Waals surface area contributed by atoms with E-state index in [1.165, 1.54) is 4.90 Å². The highest BCUT2D eigenvalue weighted by Gasteiger charge is 2.57. The van der Waals surface area contributed by atoms with Gasteiger partial charge in [-0.25, -0.2) is 4.79 Å². The van der Waals surface area contributed by atoms with Gasteiger partial charge in [0, 0.05) is 19.6 Å². The number of β-lactam (4-membered cyclic amide) rings is 1. The number of ether oxygens (including phenoxy) is 3. The minimum atomic E-state index is -0.816. The van der Waals surface area contributed by atoms with Crippen LogP contribution < -0.4 is 0 Å². The Kier molecular flexibility index (Phi) is 7.30. The fourth-order valence-electron chi connectivity index (χ4n) is 4.77. The molecular formula is C26H34N2O7. The van der Waals surface area contributed by atoms with Gasteiger partial charge in [0.25, 0.3) is 0 Å². The third-order valence-corrected chi connectivity index (χ3v) is 6.73. The Bertz CT molecular complexity index is 1000. The third-order valence-electron chi connectivity index (χ3n) is 6.73. The lowest BCUT2D eigenvalue weighted by Gasteiger charge is -2.44. The van der Waals surface area contributed by atoms with E-state index < -0.39 is 36.2 Å². The molecule has 0 aromatic heterocycles. The lowest BCUT2D eigenvalue weighted by atomic mass is 9.82. The Hall–Kier alpha value is -2.75. The molecule has 1 N–H and O–H groups in total. The largest absolute Gasteiger partial charge is 0.427 e. The SMILES string of the molecule is C[C@@H](O)[C@H]1C(=O)N2C(C(=O)OCOC(=O)C(C)(C)C)=C(c3ccc(CN4CCOCC4)cc3)C[C@H]12. The van der Waals surface area contributed by atoms with Crippen LogP contribution in [0, 0.1) is 11.3 Å². The van der Waals surface area contributed by atoms with Crippen molar-refractivity contribution in [3.05, 3.63) is 41.1 Å². The van der Waals surface area contributed by atoms with E-state index in [9.17, 15) is 19.5 Å². The summed E-state index contributed by atoms with van der Waals surface area (Å²) in [5, 5.41) is 10.1. The fraction of sp³-hybridized carbons (Fsp3) is 0.577. The fourth-order valence-corrected chi connectivity index (χ4v) is 4.77. The highest BCUT2D eigenvalue weighted by molar-refractivity contribution is 6.06. The van der Waals surface area contributed by atoms with Gasteiger partial charge in [-0.15, -0.1) is 0 Å². The van der Waals surface area contributed by atoms with E-state index in [2.05, 4.69) is 4.90 Å². The average molecular weight is 487 g/mol. The third kappa shape index (κ3) is 5.27. The summed E-state index contributed by atoms with van der Waals surface area (Å²) in [6.45, 7) is 10.2. The molecule has 2 fully saturated rings. The Labute approximate surface area is 205 Å². The molecule has 0 spiro atoms. The number of benzene rings is 1. The first-order valence-electron chi connectivity index (χ1n) is 12.1. The lowest BCUT2D eigenvalue weighted by molar-refractivity contribution is -0.175. The number of amides is 1. The van der Waals surface area contributed by atoms with Crippen LogP contribution in [0.5, 0.6) is 0 Å². The van der Waals surface area contributed by atoms with Crippen molar-refractivity contribution in [1.29, 1.82) is 0 Å². The quantitative estimate of drug-likeness (QED) is 0.354. The standard InChI is InChI=1S/C26H34N2O7/c1-16(29)21-20-13-19(18-7-5-17(6-8-18)14-27-9-11-33-12-10-27)22(28(20)23(21)30)24(31)34-15-35-25(32)26(2,3)4/h5-8,16,20-21,29H,9-15H2,1-4H3/t16-,20-,21-/m1/s1. The molecule has 3 aliphatic rings. The highest BCUT2D eigenvalue weighted by atomic mass is 16.7. The van der Waals surface area contributed by atoms with E-state index in [0.717, 1.165) is 44.0 Å². The van der Waals surface area contributed by atoms with E-state index in [1.54, 1.807) is 27.7 Å². The molecule has 0 aliphatic carbocycles. The summed E-state index contributed by atoms with van der Waals surface area (Å²) >= 11 is 0. The number of carbonyl (C=O) groups is 3. The highest BCUT2D eigenvalue weighted by Crippen LogP contribution is 2.47. The zero-order valence-corrected chi connectivity index (χ0v) is 20.8. The lowest BCUT2D eigenvalue weighted by Crippen LogP contribution is -2.61. The van der Waals surface area contributed by atoms with Crippen LogP contribution in [0.3, 0.4) is 0 Å². The average Bonchev–Trinajstić information content (AvgIpc) is 3.14. The first-order chi connectivity index (χ1) is 16.6. The Morgan fingerprint density at radius 1 is 1.14 bits per heavy atom. The molecule has 0 unspecified atom stereocenters. The number of hydrogen-bond acceptors (Lipinski definition) is 8. The Balaban J connectivity index is 1.52. The Morgan fingerprint density at radius 3 is 2.40 bits per heavy atom. The van der Waals surface area contributed by atoms with Crippen molar-refractivity contribution in [1.82, 2.24) is 9.80 Å². The molecule has 35 heavy (non-hydrogen) atoms. The summed E-state index contributed by atoms with van der Waals surface area (Å²) in [5.74, 6) is -2.08. The maximum atomic E-state index is 13.1. The number of morpholine rings is 1. The Morgan fingerprint density at radius 2 is 1.80 bits per heavy atom. The molecule has 3 heterocycles. The summed E-state index contributed by atoms with van der Waals surface area (Å²) in [6, 6.07) is 7.65. The molecule has 0 bridgehead atoms. The van der Waals surface area contributed by atoms with Crippen LogP contribution in [-0.4, -0.2) is 78.0 Å². The number of aliphatic hydroxyl groups excluding tert-OH is 1. The minimum absolute atomic E-state index is 0.157. The number of fused-ring (bicyclic) bond motifs is 1. The molecule has 0 radical (unpaired) electrons. The second-order valence-electron chi connectivity index (χ2n) is 10.4. The van der Waals surface area contributed by atoms with Gasteiger partial charge in [0.05, 0.1) is 36.7 Å². The molecule has 0 saturated carbocycles. The summed E-state index contributed by atoms with van der Waals surface area (Å²) < 4.78 is 15.7. The molecule has 190 valence electrons. The monoisotopic (exact) mass is 486 g/mol. The first-order valence-corrected chi connectivity index (χ1v) is 12.1. The van der Waals surface area contributed by atoms with E-state index in [-0.39, 0.29) is 17.6 Å².